The minimum Gasteiger partial charge on any atom is -0.379 e. The molecular weight excluding hydrogens is 569 g/mol. The Bertz CT molecular complexity index is 1440. The van der Waals surface area contributed by atoms with Gasteiger partial charge in [-0.25, -0.2) is 0 Å². The quantitative estimate of drug-likeness (QED) is 0.234. The molecule has 0 amide bonds. The standard InChI is InChI=1S/C34H48O6S2/c1-23(2)29-22-32(24(3)19-33(29)41(35,36)37)40-42(38,39)34-30(26-15-9-5-10-16-26)20-28(25-13-7-4-8-14-25)21-31(34)27-17-11-6-12-18-27/h19-23,25-27H,4-18H2,1-3H3,(H,35,36,37). The van der Waals surface area contributed by atoms with E-state index in [2.05, 4.69) is 12.1 Å². The third-order valence-corrected chi connectivity index (χ3v) is 12.3. The van der Waals surface area contributed by atoms with Gasteiger partial charge in [0.25, 0.3) is 10.1 Å². The summed E-state index contributed by atoms with van der Waals surface area (Å²) in [7, 11) is -8.72. The van der Waals surface area contributed by atoms with Crippen LogP contribution in [0.15, 0.2) is 34.1 Å². The summed E-state index contributed by atoms with van der Waals surface area (Å²) < 4.78 is 69.2. The van der Waals surface area contributed by atoms with Crippen molar-refractivity contribution in [3.8, 4) is 5.75 Å². The number of aryl methyl sites for hydroxylation is 1. The number of rotatable bonds is 8. The summed E-state index contributed by atoms with van der Waals surface area (Å²) in [5.41, 5.74) is 3.88. The summed E-state index contributed by atoms with van der Waals surface area (Å²) in [6.07, 6.45) is 16.8. The van der Waals surface area contributed by atoms with E-state index in [0.29, 0.717) is 21.9 Å². The molecule has 0 atom stereocenters. The lowest BCUT2D eigenvalue weighted by Crippen LogP contribution is -2.21. The van der Waals surface area contributed by atoms with E-state index in [1.54, 1.807) is 6.92 Å². The molecule has 0 aliphatic heterocycles. The molecule has 0 bridgehead atoms. The van der Waals surface area contributed by atoms with Crippen molar-refractivity contribution in [3.63, 3.8) is 0 Å². The van der Waals surface area contributed by atoms with Gasteiger partial charge in [-0.3, -0.25) is 4.55 Å². The maximum atomic E-state index is 14.5. The molecule has 0 radical (unpaired) electrons. The highest BCUT2D eigenvalue weighted by molar-refractivity contribution is 7.87. The van der Waals surface area contributed by atoms with Crippen molar-refractivity contribution >= 4 is 20.2 Å². The van der Waals surface area contributed by atoms with Crippen LogP contribution in [0.25, 0.3) is 0 Å². The molecule has 8 heteroatoms. The molecule has 1 N–H and O–H groups in total. The summed E-state index contributed by atoms with van der Waals surface area (Å²) in [4.78, 5) is 0.160. The lowest BCUT2D eigenvalue weighted by Gasteiger charge is -2.32. The van der Waals surface area contributed by atoms with Crippen LogP contribution in [0.2, 0.25) is 0 Å². The van der Waals surface area contributed by atoms with E-state index in [1.165, 1.54) is 49.8 Å². The lowest BCUT2D eigenvalue weighted by atomic mass is 9.76. The molecule has 232 valence electrons. The molecule has 3 aliphatic carbocycles. The Balaban J connectivity index is 1.67. The van der Waals surface area contributed by atoms with E-state index >= 15 is 0 Å². The largest absolute Gasteiger partial charge is 0.379 e. The van der Waals surface area contributed by atoms with Crippen LogP contribution in [0.5, 0.6) is 5.75 Å². The Morgan fingerprint density at radius 2 is 1.14 bits per heavy atom. The molecule has 0 heterocycles. The number of hydrogen-bond acceptors (Lipinski definition) is 5. The first kappa shape index (κ1) is 31.5. The summed E-state index contributed by atoms with van der Waals surface area (Å²) in [6, 6.07) is 7.26. The summed E-state index contributed by atoms with van der Waals surface area (Å²) in [5, 5.41) is 0. The monoisotopic (exact) mass is 616 g/mol. The molecule has 0 saturated heterocycles. The van der Waals surface area contributed by atoms with Crippen molar-refractivity contribution in [2.45, 2.75) is 151 Å². The van der Waals surface area contributed by atoms with E-state index in [9.17, 15) is 21.4 Å². The second-order valence-electron chi connectivity index (χ2n) is 13.4. The van der Waals surface area contributed by atoms with E-state index in [0.717, 1.165) is 75.3 Å². The molecule has 42 heavy (non-hydrogen) atoms. The first-order valence-corrected chi connectivity index (χ1v) is 19.0. The summed E-state index contributed by atoms with van der Waals surface area (Å²) in [6.45, 7) is 5.24. The Hall–Kier alpha value is -1.90. The molecule has 3 saturated carbocycles. The highest BCUT2D eigenvalue weighted by Crippen LogP contribution is 2.46. The Morgan fingerprint density at radius 1 is 0.690 bits per heavy atom. The van der Waals surface area contributed by atoms with Crippen LogP contribution in [0.1, 0.15) is 162 Å². The molecule has 5 rings (SSSR count). The van der Waals surface area contributed by atoms with Gasteiger partial charge in [0.2, 0.25) is 0 Å². The highest BCUT2D eigenvalue weighted by atomic mass is 32.2. The summed E-state index contributed by atoms with van der Waals surface area (Å²) >= 11 is 0. The van der Waals surface area contributed by atoms with Gasteiger partial charge in [0.1, 0.15) is 10.6 Å². The van der Waals surface area contributed by atoms with Crippen LogP contribution < -0.4 is 4.18 Å². The molecule has 0 unspecified atom stereocenters. The van der Waals surface area contributed by atoms with Crippen LogP contribution in [0.4, 0.5) is 0 Å². The second-order valence-corrected chi connectivity index (χ2v) is 16.2. The van der Waals surface area contributed by atoms with Gasteiger partial charge in [-0.15, -0.1) is 0 Å². The Morgan fingerprint density at radius 3 is 1.57 bits per heavy atom. The zero-order valence-electron chi connectivity index (χ0n) is 25.5. The van der Waals surface area contributed by atoms with Crippen molar-refractivity contribution in [2.24, 2.45) is 0 Å². The normalized spacial score (nSPS) is 20.2. The van der Waals surface area contributed by atoms with E-state index in [1.807, 2.05) is 13.8 Å². The molecule has 3 aliphatic rings. The van der Waals surface area contributed by atoms with Crippen molar-refractivity contribution < 1.29 is 25.6 Å². The fraction of sp³-hybridized carbons (Fsp3) is 0.647. The molecule has 0 aromatic heterocycles. The molecule has 0 spiro atoms. The van der Waals surface area contributed by atoms with Gasteiger partial charge in [-0.1, -0.05) is 83.8 Å². The predicted molar refractivity (Wildman–Crippen MR) is 167 cm³/mol. The van der Waals surface area contributed by atoms with Gasteiger partial charge in [-0.2, -0.15) is 16.8 Å². The van der Waals surface area contributed by atoms with Crippen molar-refractivity contribution in [2.75, 3.05) is 0 Å². The molecule has 2 aromatic carbocycles. The summed E-state index contributed by atoms with van der Waals surface area (Å²) in [5.74, 6) is 0.703. The predicted octanol–water partition coefficient (Wildman–Crippen LogP) is 9.28. The average molecular weight is 617 g/mol. The van der Waals surface area contributed by atoms with Gasteiger partial charge in [-0.05, 0) is 109 Å². The second kappa shape index (κ2) is 13.0. The van der Waals surface area contributed by atoms with Crippen molar-refractivity contribution in [3.05, 3.63) is 52.1 Å². The van der Waals surface area contributed by atoms with Gasteiger partial charge in [0, 0.05) is 0 Å². The van der Waals surface area contributed by atoms with Gasteiger partial charge < -0.3 is 4.18 Å². The van der Waals surface area contributed by atoms with Crippen LogP contribution in [-0.4, -0.2) is 21.4 Å². The van der Waals surface area contributed by atoms with Crippen LogP contribution in [0, 0.1) is 6.92 Å². The zero-order valence-corrected chi connectivity index (χ0v) is 27.2. The SMILES string of the molecule is Cc1cc(S(=O)(=O)O)c(C(C)C)cc1OS(=O)(=O)c1c(C2CCCCC2)cc(C2CCCCC2)cc1C1CCCCC1. The first-order chi connectivity index (χ1) is 20.0. The van der Waals surface area contributed by atoms with Crippen LogP contribution in [0.3, 0.4) is 0 Å². The molecular formula is C34H48O6S2. The van der Waals surface area contributed by atoms with E-state index < -0.39 is 20.2 Å². The topological polar surface area (TPSA) is 97.7 Å². The molecule has 6 nitrogen and oxygen atoms in total. The maximum Gasteiger partial charge on any atom is 0.339 e. The van der Waals surface area contributed by atoms with E-state index in [4.69, 9.17) is 4.18 Å². The minimum absolute atomic E-state index is 0.117. The smallest absolute Gasteiger partial charge is 0.339 e. The minimum atomic E-state index is -4.48. The van der Waals surface area contributed by atoms with Gasteiger partial charge in [0.15, 0.2) is 0 Å². The first-order valence-electron chi connectivity index (χ1n) is 16.2. The van der Waals surface area contributed by atoms with Crippen LogP contribution >= 0.6 is 0 Å². The third kappa shape index (κ3) is 6.91. The number of benzene rings is 2. The Kier molecular flexibility index (Phi) is 9.75. The molecule has 2 aromatic rings. The van der Waals surface area contributed by atoms with E-state index in [-0.39, 0.29) is 28.4 Å². The third-order valence-electron chi connectivity index (χ3n) is 9.99. The average Bonchev–Trinajstić information content (AvgIpc) is 2.98. The zero-order chi connectivity index (χ0) is 30.1. The van der Waals surface area contributed by atoms with Crippen LogP contribution in [-0.2, 0) is 20.2 Å². The van der Waals surface area contributed by atoms with Gasteiger partial charge in [0.05, 0.1) is 4.90 Å². The molecule has 3 fully saturated rings. The fourth-order valence-corrected chi connectivity index (χ4v) is 10.1. The number of hydrogen-bond donors (Lipinski definition) is 1. The van der Waals surface area contributed by atoms with Crippen molar-refractivity contribution in [1.29, 1.82) is 0 Å². The lowest BCUT2D eigenvalue weighted by molar-refractivity contribution is 0.414. The maximum absolute atomic E-state index is 14.5. The van der Waals surface area contributed by atoms with Gasteiger partial charge >= 0.3 is 10.1 Å². The highest BCUT2D eigenvalue weighted by Gasteiger charge is 2.35. The fourth-order valence-electron chi connectivity index (χ4n) is 7.69. The van der Waals surface area contributed by atoms with Crippen molar-refractivity contribution in [1.82, 2.24) is 0 Å². The Labute approximate surface area is 253 Å².